The summed E-state index contributed by atoms with van der Waals surface area (Å²) >= 11 is 11.7. The minimum atomic E-state index is -0.382. The molecule has 0 atom stereocenters. The lowest BCUT2D eigenvalue weighted by Crippen LogP contribution is -2.25. The third-order valence-corrected chi connectivity index (χ3v) is 3.12. The molecule has 2 aromatic rings. The molecule has 7 heteroatoms. The molecule has 0 saturated heterocycles. The van der Waals surface area contributed by atoms with E-state index in [-0.39, 0.29) is 12.5 Å². The van der Waals surface area contributed by atoms with Crippen molar-refractivity contribution in [2.45, 2.75) is 6.92 Å². The molecular formula is C14H13Cl2N3O2. The van der Waals surface area contributed by atoms with Crippen LogP contribution in [-0.2, 0) is 4.79 Å². The van der Waals surface area contributed by atoms with Gasteiger partial charge < -0.3 is 9.72 Å². The van der Waals surface area contributed by atoms with Crippen LogP contribution in [-0.4, -0.2) is 23.2 Å². The number of hydrazone groups is 1. The van der Waals surface area contributed by atoms with Crippen LogP contribution >= 0.6 is 23.2 Å². The summed E-state index contributed by atoms with van der Waals surface area (Å²) in [6.07, 6.45) is 1.78. The van der Waals surface area contributed by atoms with Gasteiger partial charge in [-0.15, -0.1) is 0 Å². The fourth-order valence-electron chi connectivity index (χ4n) is 1.53. The molecule has 1 aromatic carbocycles. The number of hydrogen-bond acceptors (Lipinski definition) is 3. The first-order chi connectivity index (χ1) is 10.1. The first-order valence-electron chi connectivity index (χ1n) is 6.11. The Labute approximate surface area is 131 Å². The van der Waals surface area contributed by atoms with Crippen LogP contribution in [0.1, 0.15) is 12.6 Å². The van der Waals surface area contributed by atoms with Crippen molar-refractivity contribution in [1.82, 2.24) is 10.4 Å². The molecule has 0 fully saturated rings. The summed E-state index contributed by atoms with van der Waals surface area (Å²) in [4.78, 5) is 14.6. The highest BCUT2D eigenvalue weighted by molar-refractivity contribution is 6.35. The fourth-order valence-corrected chi connectivity index (χ4v) is 1.99. The second kappa shape index (κ2) is 7.15. The zero-order chi connectivity index (χ0) is 15.2. The highest BCUT2D eigenvalue weighted by Crippen LogP contribution is 2.27. The first kappa shape index (κ1) is 15.4. The number of nitrogens with zero attached hydrogens (tertiary/aromatic N) is 1. The van der Waals surface area contributed by atoms with Crippen LogP contribution in [0, 0.1) is 0 Å². The van der Waals surface area contributed by atoms with E-state index >= 15 is 0 Å². The van der Waals surface area contributed by atoms with Gasteiger partial charge in [-0.2, -0.15) is 5.10 Å². The third-order valence-electron chi connectivity index (χ3n) is 2.59. The summed E-state index contributed by atoms with van der Waals surface area (Å²) in [7, 11) is 0. The highest BCUT2D eigenvalue weighted by atomic mass is 35.5. The van der Waals surface area contributed by atoms with E-state index in [2.05, 4.69) is 15.5 Å². The largest absolute Gasteiger partial charge is 0.482 e. The second-order valence-corrected chi connectivity index (χ2v) is 5.02. The number of H-pyrrole nitrogens is 1. The Morgan fingerprint density at radius 1 is 1.38 bits per heavy atom. The molecule has 0 radical (unpaired) electrons. The molecule has 2 rings (SSSR count). The molecule has 0 aliphatic heterocycles. The average molecular weight is 326 g/mol. The lowest BCUT2D eigenvalue weighted by atomic mass is 10.3. The maximum absolute atomic E-state index is 11.6. The molecule has 2 N–H and O–H groups in total. The van der Waals surface area contributed by atoms with Crippen LogP contribution in [0.3, 0.4) is 0 Å². The molecule has 5 nitrogen and oxygen atoms in total. The number of aromatic amines is 1. The van der Waals surface area contributed by atoms with Crippen molar-refractivity contribution < 1.29 is 9.53 Å². The second-order valence-electron chi connectivity index (χ2n) is 4.18. The summed E-state index contributed by atoms with van der Waals surface area (Å²) < 4.78 is 5.30. The number of rotatable bonds is 5. The van der Waals surface area contributed by atoms with Crippen molar-refractivity contribution >= 4 is 34.8 Å². The van der Waals surface area contributed by atoms with E-state index in [1.165, 1.54) is 0 Å². The fraction of sp³-hybridized carbons (Fsp3) is 0.143. The van der Waals surface area contributed by atoms with E-state index in [4.69, 9.17) is 27.9 Å². The van der Waals surface area contributed by atoms with Crippen molar-refractivity contribution in [2.24, 2.45) is 5.10 Å². The van der Waals surface area contributed by atoms with Gasteiger partial charge >= 0.3 is 0 Å². The lowest BCUT2D eigenvalue weighted by molar-refractivity contribution is -0.123. The molecule has 0 aliphatic carbocycles. The number of carbonyl (C=O) groups excluding carboxylic acids is 1. The topological polar surface area (TPSA) is 66.5 Å². The highest BCUT2D eigenvalue weighted by Gasteiger charge is 2.06. The Morgan fingerprint density at radius 2 is 2.19 bits per heavy atom. The van der Waals surface area contributed by atoms with Gasteiger partial charge in [0, 0.05) is 11.2 Å². The molecule has 110 valence electrons. The number of ether oxygens (including phenoxy) is 1. The van der Waals surface area contributed by atoms with Gasteiger partial charge in [0.2, 0.25) is 0 Å². The van der Waals surface area contributed by atoms with E-state index in [9.17, 15) is 4.79 Å². The summed E-state index contributed by atoms with van der Waals surface area (Å²) in [5, 5.41) is 4.82. The maximum Gasteiger partial charge on any atom is 0.277 e. The number of amides is 1. The standard InChI is InChI=1S/C14H13Cl2N3O2/c1-9(12-3-2-6-17-12)18-19-14(20)8-21-13-5-4-10(15)7-11(13)16/h2-7,17H,8H2,1H3,(H,19,20). The van der Waals surface area contributed by atoms with E-state index < -0.39 is 0 Å². The van der Waals surface area contributed by atoms with Crippen LogP contribution in [0.4, 0.5) is 0 Å². The van der Waals surface area contributed by atoms with Crippen LogP contribution < -0.4 is 10.2 Å². The number of carbonyl (C=O) groups is 1. The minimum absolute atomic E-state index is 0.192. The summed E-state index contributed by atoms with van der Waals surface area (Å²) in [5.41, 5.74) is 3.90. The predicted octanol–water partition coefficient (Wildman–Crippen LogP) is 3.24. The number of benzene rings is 1. The maximum atomic E-state index is 11.6. The van der Waals surface area contributed by atoms with Crippen LogP contribution in [0.5, 0.6) is 5.75 Å². The van der Waals surface area contributed by atoms with E-state index in [0.717, 1.165) is 5.69 Å². The van der Waals surface area contributed by atoms with Gasteiger partial charge in [0.05, 0.1) is 16.4 Å². The lowest BCUT2D eigenvalue weighted by Gasteiger charge is -2.07. The normalized spacial score (nSPS) is 11.3. The summed E-state index contributed by atoms with van der Waals surface area (Å²) in [5.74, 6) is 0.00760. The van der Waals surface area contributed by atoms with Crippen LogP contribution in [0.15, 0.2) is 41.6 Å². The van der Waals surface area contributed by atoms with Gasteiger partial charge in [0.15, 0.2) is 6.61 Å². The van der Waals surface area contributed by atoms with E-state index in [0.29, 0.717) is 21.5 Å². The Kier molecular flexibility index (Phi) is 5.25. The third kappa shape index (κ3) is 4.51. The van der Waals surface area contributed by atoms with Crippen molar-refractivity contribution in [3.05, 3.63) is 52.3 Å². The SMILES string of the molecule is CC(=NNC(=O)COc1ccc(Cl)cc1Cl)c1ccc[nH]1. The number of halogens is 2. The van der Waals surface area contributed by atoms with Crippen molar-refractivity contribution in [3.63, 3.8) is 0 Å². The van der Waals surface area contributed by atoms with Gasteiger partial charge in [-0.3, -0.25) is 4.79 Å². The molecule has 0 unspecified atom stereocenters. The van der Waals surface area contributed by atoms with E-state index in [1.54, 1.807) is 31.3 Å². The number of nitrogens with one attached hydrogen (secondary N) is 2. The monoisotopic (exact) mass is 325 g/mol. The first-order valence-corrected chi connectivity index (χ1v) is 6.86. The number of aromatic nitrogens is 1. The predicted molar refractivity (Wildman–Crippen MR) is 83.1 cm³/mol. The molecule has 1 aromatic heterocycles. The average Bonchev–Trinajstić information content (AvgIpc) is 2.98. The molecule has 0 bridgehead atoms. The molecule has 1 amide bonds. The van der Waals surface area contributed by atoms with Crippen LogP contribution in [0.25, 0.3) is 0 Å². The van der Waals surface area contributed by atoms with E-state index in [1.807, 2.05) is 12.1 Å². The van der Waals surface area contributed by atoms with Crippen molar-refractivity contribution in [1.29, 1.82) is 0 Å². The van der Waals surface area contributed by atoms with Crippen molar-refractivity contribution in [2.75, 3.05) is 6.61 Å². The molecule has 0 spiro atoms. The number of hydrogen-bond donors (Lipinski definition) is 2. The zero-order valence-electron chi connectivity index (χ0n) is 11.2. The molecular weight excluding hydrogens is 313 g/mol. The summed E-state index contributed by atoms with van der Waals surface area (Å²) in [6.45, 7) is 1.59. The Balaban J connectivity index is 1.86. The molecule has 0 saturated carbocycles. The van der Waals surface area contributed by atoms with Gasteiger partial charge in [-0.25, -0.2) is 5.43 Å². The Bertz CT molecular complexity index is 654. The van der Waals surface area contributed by atoms with Crippen LogP contribution in [0.2, 0.25) is 10.0 Å². The van der Waals surface area contributed by atoms with Gasteiger partial charge in [0.25, 0.3) is 5.91 Å². The van der Waals surface area contributed by atoms with Gasteiger partial charge in [-0.1, -0.05) is 23.2 Å². The van der Waals surface area contributed by atoms with Crippen molar-refractivity contribution in [3.8, 4) is 5.75 Å². The smallest absolute Gasteiger partial charge is 0.277 e. The zero-order valence-corrected chi connectivity index (χ0v) is 12.7. The molecule has 0 aliphatic rings. The summed E-state index contributed by atoms with van der Waals surface area (Å²) in [6, 6.07) is 8.49. The molecule has 21 heavy (non-hydrogen) atoms. The molecule has 1 heterocycles. The quantitative estimate of drug-likeness (QED) is 0.654. The Morgan fingerprint density at radius 3 is 2.86 bits per heavy atom. The Hall–Kier alpha value is -1.98. The van der Waals surface area contributed by atoms with Gasteiger partial charge in [0.1, 0.15) is 5.75 Å². The minimum Gasteiger partial charge on any atom is -0.482 e. The van der Waals surface area contributed by atoms with Gasteiger partial charge in [-0.05, 0) is 37.3 Å².